The van der Waals surface area contributed by atoms with Crippen molar-refractivity contribution in [1.82, 2.24) is 9.71 Å². The standard InChI is InChI=1S/C14H16FN3O2S/c1-9-6-11(16)7-13(14(9)15)21(19,20)17-8-12-5-3-4-10(2)18-12/h3-7,17H,8,16H2,1-2H3. The number of sulfonamides is 1. The van der Waals surface area contributed by atoms with Gasteiger partial charge in [0.25, 0.3) is 0 Å². The van der Waals surface area contributed by atoms with E-state index in [0.29, 0.717) is 5.69 Å². The number of hydrogen-bond donors (Lipinski definition) is 2. The fourth-order valence-corrected chi connectivity index (χ4v) is 3.09. The Morgan fingerprint density at radius 2 is 2.00 bits per heavy atom. The molecule has 1 heterocycles. The number of nitrogens with zero attached hydrogens (tertiary/aromatic N) is 1. The van der Waals surface area contributed by atoms with E-state index in [4.69, 9.17) is 5.73 Å². The van der Waals surface area contributed by atoms with E-state index in [9.17, 15) is 12.8 Å². The number of nitrogens with one attached hydrogen (secondary N) is 1. The summed E-state index contributed by atoms with van der Waals surface area (Å²) in [5.41, 5.74) is 7.29. The maximum atomic E-state index is 14.0. The Labute approximate surface area is 123 Å². The lowest BCUT2D eigenvalue weighted by Gasteiger charge is -2.10. The fourth-order valence-electron chi connectivity index (χ4n) is 1.90. The van der Waals surface area contributed by atoms with E-state index >= 15 is 0 Å². The molecule has 7 heteroatoms. The van der Waals surface area contributed by atoms with Gasteiger partial charge in [-0.3, -0.25) is 4.98 Å². The smallest absolute Gasteiger partial charge is 0.243 e. The maximum Gasteiger partial charge on any atom is 0.243 e. The van der Waals surface area contributed by atoms with Crippen molar-refractivity contribution in [3.8, 4) is 0 Å². The topological polar surface area (TPSA) is 85.1 Å². The minimum Gasteiger partial charge on any atom is -0.399 e. The third kappa shape index (κ3) is 3.56. The van der Waals surface area contributed by atoms with Crippen molar-refractivity contribution in [3.05, 3.63) is 53.1 Å². The van der Waals surface area contributed by atoms with Gasteiger partial charge in [0.05, 0.1) is 12.2 Å². The molecule has 0 atom stereocenters. The van der Waals surface area contributed by atoms with Gasteiger partial charge >= 0.3 is 0 Å². The molecule has 0 radical (unpaired) electrons. The summed E-state index contributed by atoms with van der Waals surface area (Å²) in [7, 11) is -3.99. The molecule has 0 aliphatic heterocycles. The summed E-state index contributed by atoms with van der Waals surface area (Å²) in [5.74, 6) is -0.797. The molecule has 2 rings (SSSR count). The van der Waals surface area contributed by atoms with E-state index in [2.05, 4.69) is 9.71 Å². The van der Waals surface area contributed by atoms with Crippen LogP contribution in [0.1, 0.15) is 17.0 Å². The summed E-state index contributed by atoms with van der Waals surface area (Å²) < 4.78 is 40.7. The van der Waals surface area contributed by atoms with Gasteiger partial charge in [-0.05, 0) is 43.7 Å². The van der Waals surface area contributed by atoms with Crippen LogP contribution in [0.3, 0.4) is 0 Å². The first-order valence-electron chi connectivity index (χ1n) is 6.27. The van der Waals surface area contributed by atoms with Crippen LogP contribution in [0.2, 0.25) is 0 Å². The molecule has 1 aromatic heterocycles. The lowest BCUT2D eigenvalue weighted by atomic mass is 10.2. The largest absolute Gasteiger partial charge is 0.399 e. The third-order valence-corrected chi connectivity index (χ3v) is 4.32. The molecule has 0 fully saturated rings. The Bertz CT molecular complexity index is 776. The second kappa shape index (κ2) is 5.79. The van der Waals surface area contributed by atoms with Gasteiger partial charge in [0, 0.05) is 11.4 Å². The Morgan fingerprint density at radius 3 is 2.67 bits per heavy atom. The van der Waals surface area contributed by atoms with Crippen LogP contribution < -0.4 is 10.5 Å². The van der Waals surface area contributed by atoms with Crippen molar-refractivity contribution in [3.63, 3.8) is 0 Å². The van der Waals surface area contributed by atoms with E-state index in [1.165, 1.54) is 13.0 Å². The minimum absolute atomic E-state index is 0.0166. The zero-order valence-electron chi connectivity index (χ0n) is 11.7. The lowest BCUT2D eigenvalue weighted by molar-refractivity contribution is 0.552. The van der Waals surface area contributed by atoms with Crippen LogP contribution in [0.4, 0.5) is 10.1 Å². The second-order valence-corrected chi connectivity index (χ2v) is 6.48. The first-order chi connectivity index (χ1) is 9.79. The van der Waals surface area contributed by atoms with E-state index in [-0.39, 0.29) is 17.8 Å². The third-order valence-electron chi connectivity index (χ3n) is 2.92. The normalized spacial score (nSPS) is 11.6. The number of nitrogen functional groups attached to an aromatic ring is 1. The van der Waals surface area contributed by atoms with E-state index in [0.717, 1.165) is 11.8 Å². The van der Waals surface area contributed by atoms with Crippen LogP contribution in [-0.4, -0.2) is 13.4 Å². The van der Waals surface area contributed by atoms with Crippen molar-refractivity contribution >= 4 is 15.7 Å². The Hall–Kier alpha value is -1.99. The average Bonchev–Trinajstić information content (AvgIpc) is 2.41. The predicted octanol–water partition coefficient (Wildman–Crippen LogP) is 1.90. The molecule has 3 N–H and O–H groups in total. The van der Waals surface area contributed by atoms with Gasteiger partial charge in [-0.25, -0.2) is 17.5 Å². The molecule has 0 amide bonds. The van der Waals surface area contributed by atoms with E-state index in [1.807, 2.05) is 0 Å². The van der Waals surface area contributed by atoms with Crippen LogP contribution in [0.5, 0.6) is 0 Å². The highest BCUT2D eigenvalue weighted by molar-refractivity contribution is 7.89. The summed E-state index contributed by atoms with van der Waals surface area (Å²) in [5, 5.41) is 0. The summed E-state index contributed by atoms with van der Waals surface area (Å²) in [6.07, 6.45) is 0. The first-order valence-corrected chi connectivity index (χ1v) is 7.76. The number of aryl methyl sites for hydroxylation is 2. The molecular formula is C14H16FN3O2S. The zero-order valence-corrected chi connectivity index (χ0v) is 12.5. The number of aromatic nitrogens is 1. The van der Waals surface area contributed by atoms with Gasteiger partial charge in [0.2, 0.25) is 10.0 Å². The highest BCUT2D eigenvalue weighted by atomic mass is 32.2. The highest BCUT2D eigenvalue weighted by Gasteiger charge is 2.21. The number of benzene rings is 1. The van der Waals surface area contributed by atoms with Crippen molar-refractivity contribution in [2.75, 3.05) is 5.73 Å². The number of hydrogen-bond acceptors (Lipinski definition) is 4. The first kappa shape index (κ1) is 15.4. The molecule has 0 aliphatic rings. The van der Waals surface area contributed by atoms with Crippen LogP contribution in [0, 0.1) is 19.7 Å². The van der Waals surface area contributed by atoms with Gasteiger partial charge < -0.3 is 5.73 Å². The van der Waals surface area contributed by atoms with Crippen molar-refractivity contribution in [1.29, 1.82) is 0 Å². The molecule has 112 valence electrons. The number of halogens is 1. The average molecular weight is 309 g/mol. The fraction of sp³-hybridized carbons (Fsp3) is 0.214. The molecule has 0 unspecified atom stereocenters. The molecular weight excluding hydrogens is 293 g/mol. The van der Waals surface area contributed by atoms with Gasteiger partial charge in [-0.15, -0.1) is 0 Å². The number of rotatable bonds is 4. The molecule has 0 aliphatic carbocycles. The molecule has 0 spiro atoms. The van der Waals surface area contributed by atoms with Crippen LogP contribution >= 0.6 is 0 Å². The minimum atomic E-state index is -3.99. The number of nitrogens with two attached hydrogens (primary N) is 1. The SMILES string of the molecule is Cc1cccc(CNS(=O)(=O)c2cc(N)cc(C)c2F)n1. The monoisotopic (exact) mass is 309 g/mol. The van der Waals surface area contributed by atoms with Crippen LogP contribution in [-0.2, 0) is 16.6 Å². The predicted molar refractivity (Wildman–Crippen MR) is 78.5 cm³/mol. The molecule has 0 bridgehead atoms. The Kier molecular flexibility index (Phi) is 4.24. The number of pyridine rings is 1. The molecule has 21 heavy (non-hydrogen) atoms. The van der Waals surface area contributed by atoms with Crippen molar-refractivity contribution in [2.24, 2.45) is 0 Å². The molecule has 5 nitrogen and oxygen atoms in total. The van der Waals surface area contributed by atoms with Gasteiger partial charge in [0.1, 0.15) is 10.7 Å². The molecule has 0 saturated heterocycles. The Balaban J connectivity index is 2.27. The summed E-state index contributed by atoms with van der Waals surface area (Å²) in [6.45, 7) is 3.25. The number of anilines is 1. The highest BCUT2D eigenvalue weighted by Crippen LogP contribution is 2.21. The van der Waals surface area contributed by atoms with Crippen molar-refractivity contribution in [2.45, 2.75) is 25.3 Å². The second-order valence-electron chi connectivity index (χ2n) is 4.74. The quantitative estimate of drug-likeness (QED) is 0.845. The van der Waals surface area contributed by atoms with Gasteiger partial charge in [-0.1, -0.05) is 6.07 Å². The molecule has 0 saturated carbocycles. The van der Waals surface area contributed by atoms with Gasteiger partial charge in [0.15, 0.2) is 0 Å². The lowest BCUT2D eigenvalue weighted by Crippen LogP contribution is -2.25. The summed E-state index contributed by atoms with van der Waals surface area (Å²) in [6, 6.07) is 7.76. The Morgan fingerprint density at radius 1 is 1.29 bits per heavy atom. The van der Waals surface area contributed by atoms with Crippen molar-refractivity contribution < 1.29 is 12.8 Å². The summed E-state index contributed by atoms with van der Waals surface area (Å²) >= 11 is 0. The van der Waals surface area contributed by atoms with Crippen LogP contribution in [0.25, 0.3) is 0 Å². The summed E-state index contributed by atoms with van der Waals surface area (Å²) in [4.78, 5) is 3.73. The molecule has 2 aromatic rings. The van der Waals surface area contributed by atoms with Crippen LogP contribution in [0.15, 0.2) is 35.2 Å². The molecule has 1 aromatic carbocycles. The zero-order chi connectivity index (χ0) is 15.6. The maximum absolute atomic E-state index is 14.0. The van der Waals surface area contributed by atoms with E-state index in [1.54, 1.807) is 25.1 Å². The van der Waals surface area contributed by atoms with Gasteiger partial charge in [-0.2, -0.15) is 0 Å². The van der Waals surface area contributed by atoms with E-state index < -0.39 is 20.7 Å².